The van der Waals surface area contributed by atoms with Crippen molar-refractivity contribution in [1.82, 2.24) is 4.37 Å². The second-order valence-corrected chi connectivity index (χ2v) is 4.87. The van der Waals surface area contributed by atoms with Crippen LogP contribution in [0.25, 0.3) is 0 Å². The zero-order chi connectivity index (χ0) is 13.1. The van der Waals surface area contributed by atoms with Gasteiger partial charge in [0.25, 0.3) is 5.91 Å². The van der Waals surface area contributed by atoms with Crippen molar-refractivity contribution in [1.29, 1.82) is 0 Å². The Morgan fingerprint density at radius 3 is 2.83 bits per heavy atom. The van der Waals surface area contributed by atoms with Crippen LogP contribution in [0.5, 0.6) is 5.75 Å². The van der Waals surface area contributed by atoms with Gasteiger partial charge in [0.15, 0.2) is 0 Å². The lowest BCUT2D eigenvalue weighted by molar-refractivity contribution is 0.102. The lowest BCUT2D eigenvalue weighted by Crippen LogP contribution is -2.12. The second-order valence-electron chi connectivity index (χ2n) is 3.63. The van der Waals surface area contributed by atoms with Crippen molar-refractivity contribution in [2.75, 3.05) is 12.4 Å². The van der Waals surface area contributed by atoms with Crippen molar-refractivity contribution < 1.29 is 9.53 Å². The van der Waals surface area contributed by atoms with Gasteiger partial charge in [0.05, 0.1) is 18.4 Å². The number of carbonyl (C=O) groups is 1. The number of methoxy groups -OCH3 is 1. The average Bonchev–Trinajstić information content (AvgIpc) is 2.74. The van der Waals surface area contributed by atoms with Gasteiger partial charge in [-0.1, -0.05) is 11.6 Å². The van der Waals surface area contributed by atoms with E-state index in [0.717, 1.165) is 5.69 Å². The lowest BCUT2D eigenvalue weighted by Gasteiger charge is -2.08. The number of aromatic nitrogens is 1. The van der Waals surface area contributed by atoms with Crippen LogP contribution in [0.15, 0.2) is 24.3 Å². The number of anilines is 1. The van der Waals surface area contributed by atoms with Crippen LogP contribution in [-0.4, -0.2) is 17.4 Å². The Hall–Kier alpha value is -1.59. The number of aryl methyl sites for hydroxylation is 1. The predicted octanol–water partition coefficient (Wildman–Crippen LogP) is 3.37. The number of rotatable bonds is 3. The fourth-order valence-corrected chi connectivity index (χ4v) is 2.29. The summed E-state index contributed by atoms with van der Waals surface area (Å²) in [7, 11) is 1.51. The molecule has 1 amide bonds. The quantitative estimate of drug-likeness (QED) is 0.939. The molecule has 0 saturated heterocycles. The van der Waals surface area contributed by atoms with E-state index in [1.165, 1.54) is 18.6 Å². The number of amides is 1. The first kappa shape index (κ1) is 12.9. The fourth-order valence-electron chi connectivity index (χ4n) is 1.46. The highest BCUT2D eigenvalue weighted by Crippen LogP contribution is 2.24. The molecule has 0 fully saturated rings. The fraction of sp³-hybridized carbons (Fsp3) is 0.167. The minimum absolute atomic E-state index is 0.266. The largest absolute Gasteiger partial charge is 0.496 e. The molecule has 1 heterocycles. The maximum absolute atomic E-state index is 12.1. The molecule has 0 aliphatic heterocycles. The molecule has 18 heavy (non-hydrogen) atoms. The number of halogens is 1. The van der Waals surface area contributed by atoms with Crippen molar-refractivity contribution in [3.8, 4) is 5.75 Å². The number of benzene rings is 1. The highest BCUT2D eigenvalue weighted by atomic mass is 35.5. The van der Waals surface area contributed by atoms with Gasteiger partial charge in [0.1, 0.15) is 10.8 Å². The number of nitrogens with zero attached hydrogens (tertiary/aromatic N) is 1. The van der Waals surface area contributed by atoms with Crippen molar-refractivity contribution in [2.24, 2.45) is 0 Å². The van der Waals surface area contributed by atoms with Crippen molar-refractivity contribution in [2.45, 2.75) is 6.92 Å². The molecule has 0 aliphatic rings. The molecule has 2 rings (SSSR count). The van der Waals surface area contributed by atoms with E-state index in [1.54, 1.807) is 24.3 Å². The Morgan fingerprint density at radius 1 is 1.44 bits per heavy atom. The summed E-state index contributed by atoms with van der Waals surface area (Å²) in [5, 5.41) is 3.94. The normalized spacial score (nSPS) is 10.2. The van der Waals surface area contributed by atoms with Gasteiger partial charge >= 0.3 is 0 Å². The van der Waals surface area contributed by atoms with Crippen LogP contribution in [-0.2, 0) is 0 Å². The summed E-state index contributed by atoms with van der Waals surface area (Å²) in [5.74, 6) is 0.219. The van der Waals surface area contributed by atoms with Crippen molar-refractivity contribution in [3.05, 3.63) is 40.5 Å². The van der Waals surface area contributed by atoms with Crippen LogP contribution in [0.4, 0.5) is 5.00 Å². The highest BCUT2D eigenvalue weighted by Gasteiger charge is 2.14. The Balaban J connectivity index is 2.25. The van der Waals surface area contributed by atoms with E-state index in [-0.39, 0.29) is 5.91 Å². The summed E-state index contributed by atoms with van der Waals surface area (Å²) < 4.78 is 9.23. The zero-order valence-corrected chi connectivity index (χ0v) is 11.4. The number of nitrogens with one attached hydrogen (secondary N) is 1. The summed E-state index contributed by atoms with van der Waals surface area (Å²) in [6, 6.07) is 6.71. The maximum Gasteiger partial charge on any atom is 0.260 e. The third kappa shape index (κ3) is 2.80. The van der Waals surface area contributed by atoms with Crippen LogP contribution >= 0.6 is 23.1 Å². The van der Waals surface area contributed by atoms with Gasteiger partial charge < -0.3 is 10.1 Å². The van der Waals surface area contributed by atoms with Crippen molar-refractivity contribution >= 4 is 34.0 Å². The minimum atomic E-state index is -0.266. The van der Waals surface area contributed by atoms with Gasteiger partial charge in [-0.05, 0) is 42.7 Å². The first-order chi connectivity index (χ1) is 8.60. The molecule has 2 aromatic rings. The zero-order valence-electron chi connectivity index (χ0n) is 9.86. The monoisotopic (exact) mass is 282 g/mol. The third-order valence-corrected chi connectivity index (χ3v) is 3.30. The minimum Gasteiger partial charge on any atom is -0.496 e. The molecule has 0 unspecified atom stereocenters. The Kier molecular flexibility index (Phi) is 3.84. The van der Waals surface area contributed by atoms with E-state index in [9.17, 15) is 4.79 Å². The molecule has 0 spiro atoms. The van der Waals surface area contributed by atoms with E-state index < -0.39 is 0 Å². The second kappa shape index (κ2) is 5.37. The highest BCUT2D eigenvalue weighted by molar-refractivity contribution is 7.10. The standard InChI is InChI=1S/C12H11ClN2O2S/c1-7-5-11(18-15-7)14-12(16)9-6-8(13)3-4-10(9)17-2/h3-6H,1-2H3,(H,14,16). The molecule has 4 nitrogen and oxygen atoms in total. The molecule has 1 aromatic carbocycles. The maximum atomic E-state index is 12.1. The van der Waals surface area contributed by atoms with Crippen LogP contribution in [0, 0.1) is 6.92 Å². The third-order valence-electron chi connectivity index (χ3n) is 2.27. The average molecular weight is 283 g/mol. The van der Waals surface area contributed by atoms with Gasteiger partial charge in [-0.15, -0.1) is 0 Å². The number of hydrogen-bond acceptors (Lipinski definition) is 4. The van der Waals surface area contributed by atoms with Gasteiger partial charge in [-0.3, -0.25) is 4.79 Å². The van der Waals surface area contributed by atoms with Crippen LogP contribution in [0.2, 0.25) is 5.02 Å². The number of hydrogen-bond donors (Lipinski definition) is 1. The Bertz CT molecular complexity index is 583. The Labute approximate surface area is 114 Å². The van der Waals surface area contributed by atoms with E-state index in [0.29, 0.717) is 21.3 Å². The molecule has 6 heteroatoms. The topological polar surface area (TPSA) is 51.2 Å². The molecule has 94 valence electrons. The molecule has 0 bridgehead atoms. The summed E-state index contributed by atoms with van der Waals surface area (Å²) in [4.78, 5) is 12.1. The molecule has 0 aliphatic carbocycles. The van der Waals surface area contributed by atoms with Crippen molar-refractivity contribution in [3.63, 3.8) is 0 Å². The van der Waals surface area contributed by atoms with E-state index in [4.69, 9.17) is 16.3 Å². The molecular formula is C12H11ClN2O2S. The Morgan fingerprint density at radius 2 is 2.22 bits per heavy atom. The van der Waals surface area contributed by atoms with E-state index >= 15 is 0 Å². The number of carbonyl (C=O) groups excluding carboxylic acids is 1. The summed E-state index contributed by atoms with van der Waals surface area (Å²) in [5.41, 5.74) is 1.27. The smallest absolute Gasteiger partial charge is 0.260 e. The van der Waals surface area contributed by atoms with E-state index in [1.807, 2.05) is 6.92 Å². The first-order valence-corrected chi connectivity index (χ1v) is 6.33. The molecule has 1 N–H and O–H groups in total. The van der Waals surface area contributed by atoms with Crippen LogP contribution in [0.3, 0.4) is 0 Å². The lowest BCUT2D eigenvalue weighted by atomic mass is 10.2. The SMILES string of the molecule is COc1ccc(Cl)cc1C(=O)Nc1cc(C)ns1. The summed E-state index contributed by atoms with van der Waals surface area (Å²) in [6.07, 6.45) is 0. The molecular weight excluding hydrogens is 272 g/mol. The van der Waals surface area contributed by atoms with Gasteiger partial charge in [-0.25, -0.2) is 0 Å². The number of ether oxygens (including phenoxy) is 1. The first-order valence-electron chi connectivity index (χ1n) is 5.18. The summed E-state index contributed by atoms with van der Waals surface area (Å²) in [6.45, 7) is 1.87. The van der Waals surface area contributed by atoms with Gasteiger partial charge in [-0.2, -0.15) is 4.37 Å². The van der Waals surface area contributed by atoms with Crippen LogP contribution < -0.4 is 10.1 Å². The molecule has 1 aromatic heterocycles. The molecule has 0 saturated carbocycles. The molecule has 0 atom stereocenters. The molecule has 0 radical (unpaired) electrons. The summed E-state index contributed by atoms with van der Waals surface area (Å²) >= 11 is 7.11. The van der Waals surface area contributed by atoms with Gasteiger partial charge in [0, 0.05) is 5.02 Å². The van der Waals surface area contributed by atoms with E-state index in [2.05, 4.69) is 9.69 Å². The van der Waals surface area contributed by atoms with Gasteiger partial charge in [0.2, 0.25) is 0 Å². The van der Waals surface area contributed by atoms with Crippen LogP contribution in [0.1, 0.15) is 16.1 Å². The predicted molar refractivity (Wildman–Crippen MR) is 72.8 cm³/mol.